The quantitative estimate of drug-likeness (QED) is 0.824. The molecular formula is C13H22N4O2. The second-order valence-electron chi connectivity index (χ2n) is 5.26. The van der Waals surface area contributed by atoms with E-state index in [2.05, 4.69) is 21.8 Å². The van der Waals surface area contributed by atoms with Crippen LogP contribution in [0.5, 0.6) is 0 Å². The molecule has 1 saturated heterocycles. The SMILES string of the molecule is CCc1nc(CN2CCO[C@](C)(C(N)=O)C2)c(C)[nH]1. The predicted octanol–water partition coefficient (Wildman–Crippen LogP) is 0.357. The molecule has 0 radical (unpaired) electrons. The van der Waals surface area contributed by atoms with Gasteiger partial charge < -0.3 is 15.5 Å². The molecular weight excluding hydrogens is 244 g/mol. The van der Waals surface area contributed by atoms with Crippen molar-refractivity contribution in [2.45, 2.75) is 39.3 Å². The molecule has 1 fully saturated rings. The van der Waals surface area contributed by atoms with Crippen molar-refractivity contribution in [2.24, 2.45) is 5.73 Å². The summed E-state index contributed by atoms with van der Waals surface area (Å²) in [6, 6.07) is 0. The van der Waals surface area contributed by atoms with Crippen molar-refractivity contribution in [3.63, 3.8) is 0 Å². The molecule has 1 aromatic rings. The van der Waals surface area contributed by atoms with E-state index in [0.717, 1.165) is 30.2 Å². The van der Waals surface area contributed by atoms with Gasteiger partial charge >= 0.3 is 0 Å². The zero-order valence-electron chi connectivity index (χ0n) is 11.8. The number of H-pyrrole nitrogens is 1. The first-order valence-corrected chi connectivity index (χ1v) is 6.65. The molecule has 6 nitrogen and oxygen atoms in total. The molecule has 1 aliphatic rings. The number of aromatic amines is 1. The summed E-state index contributed by atoms with van der Waals surface area (Å²) in [5.41, 5.74) is 6.63. The number of carbonyl (C=O) groups is 1. The maximum Gasteiger partial charge on any atom is 0.250 e. The van der Waals surface area contributed by atoms with Gasteiger partial charge in [-0.3, -0.25) is 9.69 Å². The molecule has 2 heterocycles. The van der Waals surface area contributed by atoms with Crippen LogP contribution in [0.2, 0.25) is 0 Å². The number of amides is 1. The Morgan fingerprint density at radius 2 is 2.37 bits per heavy atom. The summed E-state index contributed by atoms with van der Waals surface area (Å²) in [7, 11) is 0. The van der Waals surface area contributed by atoms with Gasteiger partial charge in [-0.05, 0) is 13.8 Å². The Kier molecular flexibility index (Phi) is 3.91. The number of hydrogen-bond donors (Lipinski definition) is 2. The average molecular weight is 266 g/mol. The highest BCUT2D eigenvalue weighted by Crippen LogP contribution is 2.19. The largest absolute Gasteiger partial charge is 0.367 e. The van der Waals surface area contributed by atoms with E-state index in [0.29, 0.717) is 19.7 Å². The Bertz CT molecular complexity index is 471. The van der Waals surface area contributed by atoms with Gasteiger partial charge in [-0.25, -0.2) is 4.98 Å². The maximum atomic E-state index is 11.4. The van der Waals surface area contributed by atoms with Crippen molar-refractivity contribution in [3.05, 3.63) is 17.2 Å². The number of ether oxygens (including phenoxy) is 1. The number of nitrogens with zero attached hydrogens (tertiary/aromatic N) is 2. The van der Waals surface area contributed by atoms with Gasteiger partial charge in [0.2, 0.25) is 0 Å². The monoisotopic (exact) mass is 266 g/mol. The van der Waals surface area contributed by atoms with E-state index in [4.69, 9.17) is 10.5 Å². The predicted molar refractivity (Wildman–Crippen MR) is 71.5 cm³/mol. The fourth-order valence-corrected chi connectivity index (χ4v) is 2.33. The number of nitrogens with one attached hydrogen (secondary N) is 1. The lowest BCUT2D eigenvalue weighted by Crippen LogP contribution is -2.56. The Hall–Kier alpha value is -1.40. The minimum Gasteiger partial charge on any atom is -0.367 e. The molecule has 106 valence electrons. The van der Waals surface area contributed by atoms with E-state index >= 15 is 0 Å². The first-order chi connectivity index (χ1) is 8.94. The summed E-state index contributed by atoms with van der Waals surface area (Å²) in [5.74, 6) is 0.587. The molecule has 19 heavy (non-hydrogen) atoms. The lowest BCUT2D eigenvalue weighted by molar-refractivity contribution is -0.153. The summed E-state index contributed by atoms with van der Waals surface area (Å²) in [6.45, 7) is 8.37. The standard InChI is InChI=1S/C13H22N4O2/c1-4-11-15-9(2)10(16-11)7-17-5-6-19-13(3,8-17)12(14)18/h4-8H2,1-3H3,(H2,14,18)(H,15,16)/t13-/m0/s1. The summed E-state index contributed by atoms with van der Waals surface area (Å²) in [4.78, 5) is 21.4. The molecule has 1 atom stereocenters. The average Bonchev–Trinajstić information content (AvgIpc) is 2.70. The van der Waals surface area contributed by atoms with Crippen LogP contribution in [0, 0.1) is 6.92 Å². The molecule has 0 spiro atoms. The number of aromatic nitrogens is 2. The maximum absolute atomic E-state index is 11.4. The number of primary amides is 1. The van der Waals surface area contributed by atoms with Gasteiger partial charge in [-0.15, -0.1) is 0 Å². The van der Waals surface area contributed by atoms with Crippen LogP contribution in [0.1, 0.15) is 31.1 Å². The molecule has 0 aromatic carbocycles. The molecule has 0 bridgehead atoms. The Labute approximate surface area is 113 Å². The number of rotatable bonds is 4. The summed E-state index contributed by atoms with van der Waals surface area (Å²) in [6.07, 6.45) is 0.892. The first-order valence-electron chi connectivity index (χ1n) is 6.65. The van der Waals surface area contributed by atoms with Gasteiger partial charge in [0.1, 0.15) is 5.82 Å². The van der Waals surface area contributed by atoms with Crippen LogP contribution in [0.3, 0.4) is 0 Å². The van der Waals surface area contributed by atoms with Crippen LogP contribution in [0.4, 0.5) is 0 Å². The van der Waals surface area contributed by atoms with Crippen molar-refractivity contribution >= 4 is 5.91 Å². The molecule has 3 N–H and O–H groups in total. The number of imidazole rings is 1. The minimum absolute atomic E-state index is 0.412. The van der Waals surface area contributed by atoms with Gasteiger partial charge in [0, 0.05) is 31.7 Å². The fourth-order valence-electron chi connectivity index (χ4n) is 2.33. The molecule has 0 aliphatic carbocycles. The van der Waals surface area contributed by atoms with Crippen LogP contribution in [-0.4, -0.2) is 46.1 Å². The smallest absolute Gasteiger partial charge is 0.250 e. The van der Waals surface area contributed by atoms with E-state index in [-0.39, 0.29) is 0 Å². The van der Waals surface area contributed by atoms with Crippen molar-refractivity contribution in [2.75, 3.05) is 19.7 Å². The Morgan fingerprint density at radius 3 is 2.95 bits per heavy atom. The summed E-state index contributed by atoms with van der Waals surface area (Å²) in [5, 5.41) is 0. The van der Waals surface area contributed by atoms with Gasteiger partial charge in [-0.1, -0.05) is 6.92 Å². The molecule has 1 aliphatic heterocycles. The highest BCUT2D eigenvalue weighted by Gasteiger charge is 2.37. The van der Waals surface area contributed by atoms with Gasteiger partial charge in [-0.2, -0.15) is 0 Å². The van der Waals surface area contributed by atoms with Gasteiger partial charge in [0.05, 0.1) is 12.3 Å². The van der Waals surface area contributed by atoms with Gasteiger partial charge in [0.15, 0.2) is 5.60 Å². The third kappa shape index (κ3) is 2.96. The third-order valence-corrected chi connectivity index (χ3v) is 3.62. The normalized spacial score (nSPS) is 24.6. The fraction of sp³-hybridized carbons (Fsp3) is 0.692. The molecule has 1 amide bonds. The zero-order valence-corrected chi connectivity index (χ0v) is 11.8. The van der Waals surface area contributed by atoms with Crippen LogP contribution < -0.4 is 5.73 Å². The van der Waals surface area contributed by atoms with E-state index in [9.17, 15) is 4.79 Å². The summed E-state index contributed by atoms with van der Waals surface area (Å²) >= 11 is 0. The van der Waals surface area contributed by atoms with Crippen molar-refractivity contribution in [3.8, 4) is 0 Å². The molecule has 1 aromatic heterocycles. The van der Waals surface area contributed by atoms with E-state index < -0.39 is 11.5 Å². The topological polar surface area (TPSA) is 84.2 Å². The van der Waals surface area contributed by atoms with Crippen molar-refractivity contribution in [1.29, 1.82) is 0 Å². The number of hydrogen-bond acceptors (Lipinski definition) is 4. The molecule has 0 saturated carbocycles. The highest BCUT2D eigenvalue weighted by molar-refractivity contribution is 5.83. The molecule has 2 rings (SSSR count). The number of aryl methyl sites for hydroxylation is 2. The van der Waals surface area contributed by atoms with Crippen LogP contribution in [-0.2, 0) is 22.5 Å². The second-order valence-corrected chi connectivity index (χ2v) is 5.26. The molecule has 6 heteroatoms. The van der Waals surface area contributed by atoms with Gasteiger partial charge in [0.25, 0.3) is 5.91 Å². The first kappa shape index (κ1) is 14.0. The Balaban J connectivity index is 2.06. The lowest BCUT2D eigenvalue weighted by atomic mass is 10.0. The third-order valence-electron chi connectivity index (χ3n) is 3.62. The van der Waals surface area contributed by atoms with E-state index in [1.807, 2.05) is 6.92 Å². The second kappa shape index (κ2) is 5.30. The number of nitrogens with two attached hydrogens (primary N) is 1. The minimum atomic E-state index is -0.893. The molecule has 0 unspecified atom stereocenters. The lowest BCUT2D eigenvalue weighted by Gasteiger charge is -2.38. The van der Waals surface area contributed by atoms with Crippen molar-refractivity contribution < 1.29 is 9.53 Å². The van der Waals surface area contributed by atoms with Crippen molar-refractivity contribution in [1.82, 2.24) is 14.9 Å². The zero-order chi connectivity index (χ0) is 14.0. The highest BCUT2D eigenvalue weighted by atomic mass is 16.5. The number of carbonyl (C=O) groups excluding carboxylic acids is 1. The van der Waals surface area contributed by atoms with Crippen LogP contribution >= 0.6 is 0 Å². The van der Waals surface area contributed by atoms with Crippen LogP contribution in [0.25, 0.3) is 0 Å². The van der Waals surface area contributed by atoms with E-state index in [1.54, 1.807) is 6.92 Å². The Morgan fingerprint density at radius 1 is 1.63 bits per heavy atom. The summed E-state index contributed by atoms with van der Waals surface area (Å²) < 4.78 is 5.51. The van der Waals surface area contributed by atoms with E-state index in [1.165, 1.54) is 0 Å². The number of morpholine rings is 1. The van der Waals surface area contributed by atoms with Crippen LogP contribution in [0.15, 0.2) is 0 Å².